The second-order valence-electron chi connectivity index (χ2n) is 2.22. The van der Waals surface area contributed by atoms with Gasteiger partial charge in [-0.2, -0.15) is 0 Å². The molecule has 1 rings (SSSR count). The lowest BCUT2D eigenvalue weighted by Crippen LogP contribution is -1.84. The number of rotatable bonds is 2. The maximum Gasteiger partial charge on any atom is 0.184 e. The zero-order valence-corrected chi connectivity index (χ0v) is 7.72. The number of nitrogens with zero attached hydrogens (tertiary/aromatic N) is 1. The van der Waals surface area contributed by atoms with E-state index in [9.17, 15) is 0 Å². The van der Waals surface area contributed by atoms with Gasteiger partial charge in [-0.3, -0.25) is 0 Å². The lowest BCUT2D eigenvalue weighted by molar-refractivity contribution is 0.885. The first-order valence-electron chi connectivity index (χ1n) is 3.36. The highest BCUT2D eigenvalue weighted by molar-refractivity contribution is 7.15. The lowest BCUT2D eigenvalue weighted by atomic mass is 10.2. The van der Waals surface area contributed by atoms with E-state index in [1.807, 2.05) is 0 Å². The van der Waals surface area contributed by atoms with Crippen LogP contribution in [0.3, 0.4) is 0 Å². The van der Waals surface area contributed by atoms with Crippen molar-refractivity contribution in [2.75, 3.05) is 0 Å². The molecule has 56 valence electrons. The van der Waals surface area contributed by atoms with Crippen LogP contribution in [0.15, 0.2) is 0 Å². The molecule has 1 heterocycles. The largest absolute Gasteiger partial charge is 0.230 e. The molecule has 0 radical (unpaired) electrons. The monoisotopic (exact) mass is 175 g/mol. The van der Waals surface area contributed by atoms with E-state index in [1.165, 1.54) is 4.88 Å². The summed E-state index contributed by atoms with van der Waals surface area (Å²) in [6.45, 7) is 4.21. The van der Waals surface area contributed by atoms with Crippen LogP contribution in [0.4, 0.5) is 0 Å². The van der Waals surface area contributed by atoms with E-state index in [0.29, 0.717) is 4.47 Å². The van der Waals surface area contributed by atoms with E-state index >= 15 is 0 Å². The molecule has 0 fully saturated rings. The first-order chi connectivity index (χ1) is 4.74. The van der Waals surface area contributed by atoms with Crippen molar-refractivity contribution in [1.29, 1.82) is 0 Å². The minimum absolute atomic E-state index is 0.668. The van der Waals surface area contributed by atoms with Gasteiger partial charge in [0.25, 0.3) is 0 Å². The van der Waals surface area contributed by atoms with Crippen LogP contribution in [0, 0.1) is 6.92 Å². The highest BCUT2D eigenvalue weighted by atomic mass is 35.5. The zero-order chi connectivity index (χ0) is 7.56. The number of thiazole rings is 1. The fraction of sp³-hybridized carbons (Fsp3) is 0.571. The fourth-order valence-corrected chi connectivity index (χ4v) is 1.98. The number of hydrogen-bond acceptors (Lipinski definition) is 2. The summed E-state index contributed by atoms with van der Waals surface area (Å²) in [7, 11) is 0. The van der Waals surface area contributed by atoms with Gasteiger partial charge in [0.2, 0.25) is 0 Å². The van der Waals surface area contributed by atoms with Crippen molar-refractivity contribution in [1.82, 2.24) is 4.98 Å². The summed E-state index contributed by atoms with van der Waals surface area (Å²) in [5.41, 5.74) is 1.16. The molecule has 0 N–H and O–H groups in total. The molecule has 0 unspecified atom stereocenters. The number of halogens is 1. The van der Waals surface area contributed by atoms with Crippen molar-refractivity contribution in [2.45, 2.75) is 26.7 Å². The molecule has 0 spiro atoms. The molecular weight excluding hydrogens is 166 g/mol. The van der Waals surface area contributed by atoms with Gasteiger partial charge in [-0.15, -0.1) is 11.3 Å². The third-order valence-corrected chi connectivity index (χ3v) is 2.47. The van der Waals surface area contributed by atoms with E-state index in [0.717, 1.165) is 18.5 Å². The highest BCUT2D eigenvalue weighted by Gasteiger charge is 2.03. The third-order valence-electron chi connectivity index (χ3n) is 1.35. The number of hydrogen-bond donors (Lipinski definition) is 0. The molecule has 0 aliphatic heterocycles. The van der Waals surface area contributed by atoms with Gasteiger partial charge in [-0.05, 0) is 13.3 Å². The minimum atomic E-state index is 0.668. The summed E-state index contributed by atoms with van der Waals surface area (Å²) in [5, 5.41) is 0. The molecule has 10 heavy (non-hydrogen) atoms. The summed E-state index contributed by atoms with van der Waals surface area (Å²) in [6, 6.07) is 0. The quantitative estimate of drug-likeness (QED) is 0.674. The van der Waals surface area contributed by atoms with Crippen LogP contribution in [0.25, 0.3) is 0 Å². The summed E-state index contributed by atoms with van der Waals surface area (Å²) in [5.74, 6) is 0. The Labute approximate surface area is 70.1 Å². The van der Waals surface area contributed by atoms with Crippen molar-refractivity contribution in [3.63, 3.8) is 0 Å². The predicted molar refractivity (Wildman–Crippen MR) is 45.9 cm³/mol. The van der Waals surface area contributed by atoms with Crippen LogP contribution in [-0.2, 0) is 6.42 Å². The maximum absolute atomic E-state index is 5.71. The molecule has 0 amide bonds. The van der Waals surface area contributed by atoms with E-state index in [1.54, 1.807) is 11.3 Å². The normalized spacial score (nSPS) is 10.3. The molecule has 0 aliphatic rings. The van der Waals surface area contributed by atoms with Crippen molar-refractivity contribution in [2.24, 2.45) is 0 Å². The standard InChI is InChI=1S/C7H10ClNS/c1-3-4-6-5(2)10-7(8)9-6/h3-4H2,1-2H3. The average molecular weight is 176 g/mol. The van der Waals surface area contributed by atoms with Crippen LogP contribution in [0.1, 0.15) is 23.9 Å². The van der Waals surface area contributed by atoms with E-state index in [-0.39, 0.29) is 0 Å². The van der Waals surface area contributed by atoms with Crippen LogP contribution in [0.2, 0.25) is 4.47 Å². The van der Waals surface area contributed by atoms with Crippen LogP contribution >= 0.6 is 22.9 Å². The Morgan fingerprint density at radius 2 is 2.30 bits per heavy atom. The molecule has 3 heteroatoms. The predicted octanol–water partition coefficient (Wildman–Crippen LogP) is 3.06. The van der Waals surface area contributed by atoms with Gasteiger partial charge in [-0.1, -0.05) is 24.9 Å². The molecule has 1 aromatic rings. The molecular formula is C7H10ClNS. The Bertz CT molecular complexity index is 219. The van der Waals surface area contributed by atoms with Crippen LogP contribution < -0.4 is 0 Å². The van der Waals surface area contributed by atoms with Gasteiger partial charge in [0.1, 0.15) is 0 Å². The lowest BCUT2D eigenvalue weighted by Gasteiger charge is -1.90. The second kappa shape index (κ2) is 3.35. The van der Waals surface area contributed by atoms with Gasteiger partial charge < -0.3 is 0 Å². The van der Waals surface area contributed by atoms with E-state index in [4.69, 9.17) is 11.6 Å². The van der Waals surface area contributed by atoms with Crippen molar-refractivity contribution in [3.05, 3.63) is 15.0 Å². The Kier molecular flexibility index (Phi) is 2.69. The van der Waals surface area contributed by atoms with Gasteiger partial charge in [0.05, 0.1) is 5.69 Å². The number of aryl methyl sites for hydroxylation is 2. The topological polar surface area (TPSA) is 12.9 Å². The molecule has 0 saturated heterocycles. The molecule has 0 aromatic carbocycles. The van der Waals surface area contributed by atoms with Gasteiger partial charge >= 0.3 is 0 Å². The van der Waals surface area contributed by atoms with Crippen LogP contribution in [-0.4, -0.2) is 4.98 Å². The van der Waals surface area contributed by atoms with Crippen molar-refractivity contribution in [3.8, 4) is 0 Å². The summed E-state index contributed by atoms with van der Waals surface area (Å²) in [6.07, 6.45) is 2.19. The number of aromatic nitrogens is 1. The maximum atomic E-state index is 5.71. The molecule has 0 saturated carbocycles. The summed E-state index contributed by atoms with van der Waals surface area (Å²) >= 11 is 7.27. The minimum Gasteiger partial charge on any atom is -0.230 e. The molecule has 0 bridgehead atoms. The highest BCUT2D eigenvalue weighted by Crippen LogP contribution is 2.22. The second-order valence-corrected chi connectivity index (χ2v) is 4.01. The Morgan fingerprint density at radius 1 is 1.60 bits per heavy atom. The SMILES string of the molecule is CCCc1nc(Cl)sc1C. The van der Waals surface area contributed by atoms with Crippen molar-refractivity contribution < 1.29 is 0 Å². The third kappa shape index (κ3) is 1.70. The van der Waals surface area contributed by atoms with E-state index in [2.05, 4.69) is 18.8 Å². The van der Waals surface area contributed by atoms with Gasteiger partial charge in [0.15, 0.2) is 4.47 Å². The Hall–Kier alpha value is -0.0800. The zero-order valence-electron chi connectivity index (χ0n) is 6.15. The smallest absolute Gasteiger partial charge is 0.184 e. The fourth-order valence-electron chi connectivity index (χ4n) is 0.862. The Balaban J connectivity index is 2.81. The molecule has 1 aromatic heterocycles. The summed E-state index contributed by atoms with van der Waals surface area (Å²) in [4.78, 5) is 5.44. The first kappa shape index (κ1) is 8.02. The molecule has 1 nitrogen and oxygen atoms in total. The van der Waals surface area contributed by atoms with Crippen molar-refractivity contribution >= 4 is 22.9 Å². The van der Waals surface area contributed by atoms with Crippen LogP contribution in [0.5, 0.6) is 0 Å². The average Bonchev–Trinajstić information content (AvgIpc) is 2.13. The molecule has 0 atom stereocenters. The Morgan fingerprint density at radius 3 is 2.70 bits per heavy atom. The summed E-state index contributed by atoms with van der Waals surface area (Å²) < 4.78 is 0.668. The molecule has 0 aliphatic carbocycles. The van der Waals surface area contributed by atoms with Gasteiger partial charge in [0, 0.05) is 4.88 Å². The first-order valence-corrected chi connectivity index (χ1v) is 4.55. The van der Waals surface area contributed by atoms with Gasteiger partial charge in [-0.25, -0.2) is 4.98 Å². The van der Waals surface area contributed by atoms with E-state index < -0.39 is 0 Å².